The number of esters is 1. The third-order valence-electron chi connectivity index (χ3n) is 3.39. The fourth-order valence-electron chi connectivity index (χ4n) is 1.84. The van der Waals surface area contributed by atoms with E-state index < -0.39 is 0 Å². The normalized spacial score (nSPS) is 16.5. The van der Waals surface area contributed by atoms with Gasteiger partial charge in [-0.15, -0.1) is 0 Å². The van der Waals surface area contributed by atoms with Gasteiger partial charge in [-0.3, -0.25) is 4.79 Å². The second-order valence-corrected chi connectivity index (χ2v) is 4.80. The van der Waals surface area contributed by atoms with Crippen molar-refractivity contribution in [3.05, 3.63) is 35.9 Å². The third-order valence-corrected chi connectivity index (χ3v) is 3.39. The smallest absolute Gasteiger partial charge is 0.306 e. The van der Waals surface area contributed by atoms with Crippen molar-refractivity contribution < 1.29 is 14.6 Å². The Morgan fingerprint density at radius 3 is 2.59 bits per heavy atom. The molecular formula is C14H18O3. The van der Waals surface area contributed by atoms with Gasteiger partial charge in [-0.25, -0.2) is 0 Å². The molecule has 92 valence electrons. The van der Waals surface area contributed by atoms with Crippen LogP contribution in [0.3, 0.4) is 0 Å². The summed E-state index contributed by atoms with van der Waals surface area (Å²) >= 11 is 0. The average molecular weight is 234 g/mol. The number of aliphatic hydroxyl groups excluding tert-OH is 1. The summed E-state index contributed by atoms with van der Waals surface area (Å²) in [7, 11) is 0. The maximum atomic E-state index is 11.5. The van der Waals surface area contributed by atoms with Crippen molar-refractivity contribution >= 4 is 5.97 Å². The van der Waals surface area contributed by atoms with E-state index in [0.717, 1.165) is 24.8 Å². The van der Waals surface area contributed by atoms with E-state index in [2.05, 4.69) is 0 Å². The van der Waals surface area contributed by atoms with Crippen LogP contribution in [0, 0.1) is 5.41 Å². The molecular weight excluding hydrogens is 216 g/mol. The second kappa shape index (κ2) is 5.32. The molecule has 1 aliphatic rings. The highest BCUT2D eigenvalue weighted by Crippen LogP contribution is 2.48. The zero-order valence-electron chi connectivity index (χ0n) is 9.89. The van der Waals surface area contributed by atoms with E-state index in [-0.39, 0.29) is 18.0 Å². The van der Waals surface area contributed by atoms with Gasteiger partial charge < -0.3 is 9.84 Å². The van der Waals surface area contributed by atoms with Crippen LogP contribution in [0.15, 0.2) is 30.3 Å². The van der Waals surface area contributed by atoms with Gasteiger partial charge in [0.1, 0.15) is 6.61 Å². The van der Waals surface area contributed by atoms with Gasteiger partial charge in [0.05, 0.1) is 0 Å². The Bertz CT molecular complexity index is 368. The first-order valence-electron chi connectivity index (χ1n) is 6.05. The van der Waals surface area contributed by atoms with Crippen LogP contribution >= 0.6 is 0 Å². The van der Waals surface area contributed by atoms with E-state index in [0.29, 0.717) is 13.0 Å². The van der Waals surface area contributed by atoms with Crippen LogP contribution < -0.4 is 0 Å². The predicted molar refractivity (Wildman–Crippen MR) is 64.2 cm³/mol. The molecule has 0 aliphatic heterocycles. The predicted octanol–water partition coefficient (Wildman–Crippen LogP) is 2.28. The Morgan fingerprint density at radius 2 is 2.00 bits per heavy atom. The molecule has 3 heteroatoms. The molecule has 0 saturated heterocycles. The molecule has 0 heterocycles. The number of ether oxygens (including phenoxy) is 1. The van der Waals surface area contributed by atoms with E-state index in [4.69, 9.17) is 9.84 Å². The van der Waals surface area contributed by atoms with Crippen molar-refractivity contribution in [1.82, 2.24) is 0 Å². The zero-order valence-corrected chi connectivity index (χ0v) is 9.89. The molecule has 1 saturated carbocycles. The highest BCUT2D eigenvalue weighted by molar-refractivity contribution is 5.69. The van der Waals surface area contributed by atoms with E-state index in [9.17, 15) is 4.79 Å². The summed E-state index contributed by atoms with van der Waals surface area (Å²) in [6.45, 7) is 0.533. The minimum absolute atomic E-state index is 0.0335. The largest absolute Gasteiger partial charge is 0.461 e. The number of carbonyl (C=O) groups is 1. The minimum atomic E-state index is -0.173. The number of aliphatic hydroxyl groups is 1. The SMILES string of the molecule is O=C(CCC1(CO)CC1)OCc1ccccc1. The van der Waals surface area contributed by atoms with E-state index in [1.807, 2.05) is 30.3 Å². The molecule has 0 bridgehead atoms. The molecule has 0 aromatic heterocycles. The molecule has 0 unspecified atom stereocenters. The van der Waals surface area contributed by atoms with Crippen LogP contribution in [0.1, 0.15) is 31.2 Å². The van der Waals surface area contributed by atoms with E-state index in [1.54, 1.807) is 0 Å². The molecule has 1 aliphatic carbocycles. The first-order chi connectivity index (χ1) is 8.24. The molecule has 1 aromatic rings. The lowest BCUT2D eigenvalue weighted by molar-refractivity contribution is -0.145. The molecule has 0 amide bonds. The Labute approximate surface area is 101 Å². The van der Waals surface area contributed by atoms with Gasteiger partial charge in [-0.1, -0.05) is 30.3 Å². The minimum Gasteiger partial charge on any atom is -0.461 e. The molecule has 17 heavy (non-hydrogen) atoms. The zero-order chi connectivity index (χ0) is 12.1. The monoisotopic (exact) mass is 234 g/mol. The fourth-order valence-corrected chi connectivity index (χ4v) is 1.84. The number of hydrogen-bond acceptors (Lipinski definition) is 3. The molecule has 0 spiro atoms. The topological polar surface area (TPSA) is 46.5 Å². The lowest BCUT2D eigenvalue weighted by atomic mass is 10.0. The van der Waals surface area contributed by atoms with Crippen molar-refractivity contribution in [2.24, 2.45) is 5.41 Å². The average Bonchev–Trinajstić information content (AvgIpc) is 3.16. The number of benzene rings is 1. The van der Waals surface area contributed by atoms with Gasteiger partial charge in [0.25, 0.3) is 0 Å². The first kappa shape index (κ1) is 12.1. The van der Waals surface area contributed by atoms with Gasteiger partial charge in [-0.05, 0) is 30.2 Å². The van der Waals surface area contributed by atoms with Crippen LogP contribution in [0.25, 0.3) is 0 Å². The maximum Gasteiger partial charge on any atom is 0.306 e. The summed E-state index contributed by atoms with van der Waals surface area (Å²) in [5.41, 5.74) is 1.04. The van der Waals surface area contributed by atoms with Crippen molar-refractivity contribution in [3.63, 3.8) is 0 Å². The molecule has 3 nitrogen and oxygen atoms in total. The highest BCUT2D eigenvalue weighted by Gasteiger charge is 2.41. The Morgan fingerprint density at radius 1 is 1.29 bits per heavy atom. The molecule has 1 aromatic carbocycles. The van der Waals surface area contributed by atoms with Gasteiger partial charge in [0.2, 0.25) is 0 Å². The summed E-state index contributed by atoms with van der Waals surface area (Å²) < 4.78 is 5.18. The summed E-state index contributed by atoms with van der Waals surface area (Å²) in [5.74, 6) is -0.173. The van der Waals surface area contributed by atoms with Gasteiger partial charge in [0.15, 0.2) is 0 Å². The van der Waals surface area contributed by atoms with Gasteiger partial charge >= 0.3 is 5.97 Å². The van der Waals surface area contributed by atoms with Crippen LogP contribution in [0.4, 0.5) is 0 Å². The number of rotatable bonds is 6. The van der Waals surface area contributed by atoms with Crippen molar-refractivity contribution in [3.8, 4) is 0 Å². The van der Waals surface area contributed by atoms with Gasteiger partial charge in [0, 0.05) is 13.0 Å². The first-order valence-corrected chi connectivity index (χ1v) is 6.05. The molecule has 1 fully saturated rings. The summed E-state index contributed by atoms with van der Waals surface area (Å²) in [6, 6.07) is 9.65. The van der Waals surface area contributed by atoms with Crippen molar-refractivity contribution in [2.75, 3.05) is 6.61 Å². The molecule has 0 radical (unpaired) electrons. The Kier molecular flexibility index (Phi) is 3.79. The van der Waals surface area contributed by atoms with Crippen LogP contribution in [-0.4, -0.2) is 17.7 Å². The highest BCUT2D eigenvalue weighted by atomic mass is 16.5. The van der Waals surface area contributed by atoms with E-state index >= 15 is 0 Å². The number of carbonyl (C=O) groups excluding carboxylic acids is 1. The lowest BCUT2D eigenvalue weighted by Crippen LogP contribution is -2.11. The fraction of sp³-hybridized carbons (Fsp3) is 0.500. The lowest BCUT2D eigenvalue weighted by Gasteiger charge is -2.10. The van der Waals surface area contributed by atoms with E-state index in [1.165, 1.54) is 0 Å². The molecule has 0 atom stereocenters. The quantitative estimate of drug-likeness (QED) is 0.768. The molecule has 2 rings (SSSR count). The van der Waals surface area contributed by atoms with Crippen LogP contribution in [0.2, 0.25) is 0 Å². The Balaban J connectivity index is 1.68. The summed E-state index contributed by atoms with van der Waals surface area (Å²) in [4.78, 5) is 11.5. The van der Waals surface area contributed by atoms with Crippen molar-refractivity contribution in [2.45, 2.75) is 32.3 Å². The summed E-state index contributed by atoms with van der Waals surface area (Å²) in [6.07, 6.45) is 3.23. The van der Waals surface area contributed by atoms with Crippen molar-refractivity contribution in [1.29, 1.82) is 0 Å². The maximum absolute atomic E-state index is 11.5. The summed E-state index contributed by atoms with van der Waals surface area (Å²) in [5, 5.41) is 9.13. The molecule has 1 N–H and O–H groups in total. The van der Waals surface area contributed by atoms with Crippen LogP contribution in [0.5, 0.6) is 0 Å². The van der Waals surface area contributed by atoms with Gasteiger partial charge in [-0.2, -0.15) is 0 Å². The van der Waals surface area contributed by atoms with Crippen LogP contribution in [-0.2, 0) is 16.1 Å². The Hall–Kier alpha value is -1.35. The second-order valence-electron chi connectivity index (χ2n) is 4.80. The third kappa shape index (κ3) is 3.56. The standard InChI is InChI=1S/C14H18O3/c15-11-14(8-9-14)7-6-13(16)17-10-12-4-2-1-3-5-12/h1-5,15H,6-11H2. The number of hydrogen-bond donors (Lipinski definition) is 1.